The molecule has 2 N–H and O–H groups in total. The fourth-order valence-electron chi connectivity index (χ4n) is 7.25. The van der Waals surface area contributed by atoms with Crippen LogP contribution in [0.3, 0.4) is 0 Å². The van der Waals surface area contributed by atoms with E-state index in [0.29, 0.717) is 19.3 Å². The van der Waals surface area contributed by atoms with Gasteiger partial charge in [0.1, 0.15) is 12.3 Å². The molecule has 1 fully saturated rings. The zero-order chi connectivity index (χ0) is 44.4. The third-order valence-corrected chi connectivity index (χ3v) is 10.2. The van der Waals surface area contributed by atoms with Crippen LogP contribution in [-0.2, 0) is 33.4 Å². The average molecular weight is 810 g/mol. The van der Waals surface area contributed by atoms with Crippen molar-refractivity contribution in [3.8, 4) is 0 Å². The SMILES string of the molecule is CC.CCC.CC[C@H](C)[C@@H]([C@@H](CC(=O)N1CCC[C@H]1[C@H](OC)[C@@H](C)C(=O)NCC=O)OC)N(C)C(=O)[C@@H](NC(=O)[C@H](C(C)C)N(C)C)C(C)C.Cc1ccccc1.[HH].[HH]. The Morgan fingerprint density at radius 1 is 0.912 bits per heavy atom. The van der Waals surface area contributed by atoms with Gasteiger partial charge in [-0.15, -0.1) is 0 Å². The average Bonchev–Trinajstić information content (AvgIpc) is 3.66. The fourth-order valence-corrected chi connectivity index (χ4v) is 7.25. The number of methoxy groups -OCH3 is 2. The minimum atomic E-state index is -0.749. The maximum Gasteiger partial charge on any atom is 0.245 e. The van der Waals surface area contributed by atoms with Gasteiger partial charge in [0.15, 0.2) is 0 Å². The van der Waals surface area contributed by atoms with Gasteiger partial charge in [-0.1, -0.05) is 125 Å². The predicted octanol–water partition coefficient (Wildman–Crippen LogP) is 6.88. The first-order chi connectivity index (χ1) is 26.9. The molecular weight excluding hydrogens is 723 g/mol. The summed E-state index contributed by atoms with van der Waals surface area (Å²) in [5.41, 5.74) is 1.32. The number of ether oxygens (including phenoxy) is 2. The van der Waals surface area contributed by atoms with Crippen LogP contribution in [0.1, 0.15) is 117 Å². The van der Waals surface area contributed by atoms with Gasteiger partial charge in [0.05, 0.1) is 49.2 Å². The van der Waals surface area contributed by atoms with Crippen molar-refractivity contribution >= 4 is 29.9 Å². The monoisotopic (exact) mass is 810 g/mol. The van der Waals surface area contributed by atoms with Crippen LogP contribution in [0.25, 0.3) is 0 Å². The molecule has 0 aliphatic carbocycles. The highest BCUT2D eigenvalue weighted by atomic mass is 16.5. The van der Waals surface area contributed by atoms with Gasteiger partial charge in [-0.25, -0.2) is 0 Å². The van der Waals surface area contributed by atoms with Crippen molar-refractivity contribution in [3.05, 3.63) is 35.9 Å². The van der Waals surface area contributed by atoms with Crippen LogP contribution < -0.4 is 10.6 Å². The van der Waals surface area contributed by atoms with E-state index in [0.717, 1.165) is 12.8 Å². The van der Waals surface area contributed by atoms with Crippen LogP contribution >= 0.6 is 0 Å². The number of hydrogen-bond acceptors (Lipinski definition) is 8. The number of benzene rings is 1. The summed E-state index contributed by atoms with van der Waals surface area (Å²) in [7, 11) is 8.51. The molecule has 1 saturated heterocycles. The summed E-state index contributed by atoms with van der Waals surface area (Å²) in [5, 5.41) is 5.60. The molecule has 334 valence electrons. The first-order valence-corrected chi connectivity index (χ1v) is 21.2. The van der Waals surface area contributed by atoms with Crippen LogP contribution in [0.4, 0.5) is 0 Å². The Hall–Kier alpha value is -3.35. The summed E-state index contributed by atoms with van der Waals surface area (Å²) in [6.07, 6.45) is 2.95. The Kier molecular flexibility index (Phi) is 30.0. The normalized spacial score (nSPS) is 17.2. The number of nitrogens with zero attached hydrogens (tertiary/aromatic N) is 3. The number of hydrogen-bond donors (Lipinski definition) is 2. The zero-order valence-corrected chi connectivity index (χ0v) is 38.9. The van der Waals surface area contributed by atoms with Crippen molar-refractivity contribution in [1.29, 1.82) is 0 Å². The van der Waals surface area contributed by atoms with Crippen molar-refractivity contribution in [3.63, 3.8) is 0 Å². The van der Waals surface area contributed by atoms with Gasteiger partial charge in [-0.2, -0.15) is 0 Å². The van der Waals surface area contributed by atoms with E-state index in [1.165, 1.54) is 19.1 Å². The lowest BCUT2D eigenvalue weighted by Gasteiger charge is -2.41. The molecule has 57 heavy (non-hydrogen) atoms. The second-order valence-electron chi connectivity index (χ2n) is 15.7. The number of rotatable bonds is 19. The number of nitrogens with one attached hydrogen (secondary N) is 2. The van der Waals surface area contributed by atoms with E-state index in [1.54, 1.807) is 30.9 Å². The molecule has 12 nitrogen and oxygen atoms in total. The largest absolute Gasteiger partial charge is 0.379 e. The molecule has 8 atom stereocenters. The molecular formula is C45H87N5O7. The lowest BCUT2D eigenvalue weighted by molar-refractivity contribution is -0.148. The topological polar surface area (TPSA) is 138 Å². The summed E-state index contributed by atoms with van der Waals surface area (Å²) in [6.45, 7) is 24.4. The van der Waals surface area contributed by atoms with Gasteiger partial charge in [0, 0.05) is 30.7 Å². The summed E-state index contributed by atoms with van der Waals surface area (Å²) in [6, 6.07) is 8.38. The lowest BCUT2D eigenvalue weighted by Crippen LogP contribution is -2.59. The van der Waals surface area contributed by atoms with Crippen LogP contribution in [-0.4, -0.2) is 129 Å². The van der Waals surface area contributed by atoms with E-state index in [9.17, 15) is 24.0 Å². The molecule has 0 saturated carbocycles. The predicted molar refractivity (Wildman–Crippen MR) is 237 cm³/mol. The molecule has 12 heteroatoms. The summed E-state index contributed by atoms with van der Waals surface area (Å²) in [4.78, 5) is 69.9. The summed E-state index contributed by atoms with van der Waals surface area (Å²) in [5.74, 6) is -1.57. The van der Waals surface area contributed by atoms with Crippen LogP contribution in [0.15, 0.2) is 30.3 Å². The molecule has 1 aromatic carbocycles. The zero-order valence-electron chi connectivity index (χ0n) is 38.9. The van der Waals surface area contributed by atoms with Crippen molar-refractivity contribution < 1.29 is 36.3 Å². The maximum atomic E-state index is 14.1. The minimum absolute atomic E-state index is 0. The molecule has 0 radical (unpaired) electrons. The number of aldehydes is 1. The van der Waals surface area contributed by atoms with Crippen molar-refractivity contribution in [2.45, 2.75) is 152 Å². The Bertz CT molecular complexity index is 1270. The number of aryl methyl sites for hydroxylation is 1. The lowest BCUT2D eigenvalue weighted by atomic mass is 9.89. The van der Waals surface area contributed by atoms with Crippen molar-refractivity contribution in [2.75, 3.05) is 48.5 Å². The molecule has 0 unspecified atom stereocenters. The van der Waals surface area contributed by atoms with E-state index < -0.39 is 30.2 Å². The van der Waals surface area contributed by atoms with E-state index in [2.05, 4.69) is 43.5 Å². The first-order valence-electron chi connectivity index (χ1n) is 21.2. The minimum Gasteiger partial charge on any atom is -0.379 e. The molecule has 2 rings (SSSR count). The van der Waals surface area contributed by atoms with Crippen molar-refractivity contribution in [1.82, 2.24) is 25.3 Å². The van der Waals surface area contributed by atoms with Gasteiger partial charge in [-0.05, 0) is 51.6 Å². The van der Waals surface area contributed by atoms with E-state index in [1.807, 2.05) is 92.6 Å². The van der Waals surface area contributed by atoms with Crippen LogP contribution in [0.2, 0.25) is 0 Å². The van der Waals surface area contributed by atoms with Gasteiger partial charge < -0.3 is 34.7 Å². The van der Waals surface area contributed by atoms with Crippen molar-refractivity contribution in [2.24, 2.45) is 23.7 Å². The number of amides is 4. The fraction of sp³-hybridized carbons (Fsp3) is 0.756. The second-order valence-corrected chi connectivity index (χ2v) is 15.7. The van der Waals surface area contributed by atoms with E-state index in [-0.39, 0.29) is 69.3 Å². The number of likely N-dealkylation sites (tertiary alicyclic amines) is 1. The first kappa shape index (κ1) is 55.7. The number of carbonyl (C=O) groups is 5. The molecule has 0 aromatic heterocycles. The maximum absolute atomic E-state index is 14.1. The second kappa shape index (κ2) is 30.7. The Morgan fingerprint density at radius 2 is 1.47 bits per heavy atom. The summed E-state index contributed by atoms with van der Waals surface area (Å²) < 4.78 is 11.7. The van der Waals surface area contributed by atoms with Gasteiger partial charge in [0.2, 0.25) is 23.6 Å². The highest BCUT2D eigenvalue weighted by Gasteiger charge is 2.43. The number of likely N-dealkylation sites (N-methyl/N-ethyl adjacent to an activating group) is 2. The quantitative estimate of drug-likeness (QED) is 0.145. The Morgan fingerprint density at radius 3 is 1.88 bits per heavy atom. The Labute approximate surface area is 350 Å². The van der Waals surface area contributed by atoms with Gasteiger partial charge >= 0.3 is 0 Å². The molecule has 1 aliphatic heterocycles. The van der Waals surface area contributed by atoms with Gasteiger partial charge in [-0.3, -0.25) is 24.1 Å². The van der Waals surface area contributed by atoms with Crippen LogP contribution in [0, 0.1) is 30.6 Å². The number of carbonyl (C=O) groups excluding carboxylic acids is 5. The third-order valence-electron chi connectivity index (χ3n) is 10.2. The molecule has 1 aromatic rings. The highest BCUT2D eigenvalue weighted by molar-refractivity contribution is 5.90. The third kappa shape index (κ3) is 18.8. The smallest absolute Gasteiger partial charge is 0.245 e. The highest BCUT2D eigenvalue weighted by Crippen LogP contribution is 2.29. The van der Waals surface area contributed by atoms with E-state index >= 15 is 0 Å². The standard InChI is InChI=1S/C33H61N5O7.C7H8.C3H8.C2H6.2H2/c1-13-22(6)29(37(10)33(43)27(20(2)3)35-32(42)28(21(4)5)36(8)9)25(44-11)19-26(40)38-17-14-15-24(38)30(45-12)23(7)31(41)34-16-18-39;1-7-5-3-2-4-6-7;1-3-2;1-2;;/h18,20-25,27-30H,13-17,19H2,1-12H3,(H,34,41)(H,35,42);2-6H,1H3;3H2,1-2H3;1-2H3;2*1H/t22-,23+,24-,25+,27-,28-,29-,30+;;;;;/m0...../s1. The molecule has 0 spiro atoms. The molecule has 4 amide bonds. The molecule has 1 heterocycles. The van der Waals surface area contributed by atoms with Crippen LogP contribution in [0.5, 0.6) is 0 Å². The van der Waals surface area contributed by atoms with Gasteiger partial charge in [0.25, 0.3) is 0 Å². The Balaban J connectivity index is -0.000000936. The molecule has 1 aliphatic rings. The molecule has 0 bridgehead atoms. The summed E-state index contributed by atoms with van der Waals surface area (Å²) >= 11 is 0. The van der Waals surface area contributed by atoms with E-state index in [4.69, 9.17) is 9.47 Å².